The van der Waals surface area contributed by atoms with Gasteiger partial charge in [-0.2, -0.15) is 13.2 Å². The summed E-state index contributed by atoms with van der Waals surface area (Å²) in [5, 5.41) is 2.79. The number of carbonyl (C=O) groups excluding carboxylic acids is 2. The summed E-state index contributed by atoms with van der Waals surface area (Å²) in [4.78, 5) is 44.2. The number of benzene rings is 3. The van der Waals surface area contributed by atoms with E-state index < -0.39 is 41.4 Å². The molecule has 3 aromatic carbocycles. The molecule has 210 valence electrons. The Bertz CT molecular complexity index is 1640. The number of halogens is 3. The summed E-state index contributed by atoms with van der Waals surface area (Å²) in [7, 11) is 0. The van der Waals surface area contributed by atoms with Crippen LogP contribution in [-0.4, -0.2) is 21.6 Å². The molecule has 0 saturated heterocycles. The molecule has 1 aliphatic rings. The first kappa shape index (κ1) is 27.6. The maximum atomic E-state index is 14.2. The van der Waals surface area contributed by atoms with E-state index in [4.69, 9.17) is 15.5 Å². The van der Waals surface area contributed by atoms with Gasteiger partial charge in [0, 0.05) is 18.5 Å². The molecule has 1 aromatic heterocycles. The van der Waals surface area contributed by atoms with E-state index in [0.717, 1.165) is 23.8 Å². The van der Waals surface area contributed by atoms with Crippen molar-refractivity contribution < 1.29 is 27.5 Å². The van der Waals surface area contributed by atoms with Gasteiger partial charge in [-0.25, -0.2) is 9.78 Å². The highest BCUT2D eigenvalue weighted by atomic mass is 19.4. The van der Waals surface area contributed by atoms with Gasteiger partial charge in [-0.1, -0.05) is 60.7 Å². The normalized spacial score (nSPS) is 15.1. The third kappa shape index (κ3) is 5.98. The van der Waals surface area contributed by atoms with Crippen molar-refractivity contribution >= 4 is 17.7 Å². The lowest BCUT2D eigenvalue weighted by atomic mass is 9.96. The van der Waals surface area contributed by atoms with E-state index in [1.165, 1.54) is 10.6 Å². The summed E-state index contributed by atoms with van der Waals surface area (Å²) < 4.78 is 47.3. The number of nitrogens with two attached hydrogens (primary N) is 1. The number of carbonyl (C=O) groups is 2. The largest absolute Gasteiger partial charge is 0.436 e. The Kier molecular flexibility index (Phi) is 7.60. The molecule has 0 spiro atoms. The molecule has 0 aliphatic carbocycles. The van der Waals surface area contributed by atoms with Crippen molar-refractivity contribution in [3.63, 3.8) is 0 Å². The number of nitrogens with one attached hydrogen (secondary N) is 1. The van der Waals surface area contributed by atoms with E-state index in [1.807, 2.05) is 6.07 Å². The number of aromatic nitrogens is 2. The summed E-state index contributed by atoms with van der Waals surface area (Å²) in [6, 6.07) is 20.9. The van der Waals surface area contributed by atoms with Gasteiger partial charge in [-0.15, -0.1) is 0 Å². The van der Waals surface area contributed by atoms with Gasteiger partial charge in [0.2, 0.25) is 5.91 Å². The molecule has 1 unspecified atom stereocenters. The molecular formula is C30H25F3N4O4. The SMILES string of the molecule is NC(=O)OC(c1cccc(C(F)(F)F)c1)c1c(Cc2ccccc2)nc2n(c1=O)[C@H](C(=O)Nc1ccccc1)CC2. The topological polar surface area (TPSA) is 116 Å². The van der Waals surface area contributed by atoms with Gasteiger partial charge in [0.05, 0.1) is 16.8 Å². The van der Waals surface area contributed by atoms with Crippen LogP contribution in [0, 0.1) is 0 Å². The van der Waals surface area contributed by atoms with Crippen LogP contribution in [0.3, 0.4) is 0 Å². The van der Waals surface area contributed by atoms with Crippen molar-refractivity contribution in [2.45, 2.75) is 37.6 Å². The molecule has 2 amide bonds. The summed E-state index contributed by atoms with van der Waals surface area (Å²) >= 11 is 0. The molecule has 2 heterocycles. The molecule has 0 saturated carbocycles. The number of amides is 2. The highest BCUT2D eigenvalue weighted by molar-refractivity contribution is 5.94. The van der Waals surface area contributed by atoms with Gasteiger partial charge in [0.15, 0.2) is 6.10 Å². The van der Waals surface area contributed by atoms with Crippen LogP contribution in [0.15, 0.2) is 89.7 Å². The Morgan fingerprint density at radius 3 is 2.37 bits per heavy atom. The van der Waals surface area contributed by atoms with E-state index in [2.05, 4.69) is 5.32 Å². The van der Waals surface area contributed by atoms with Crippen LogP contribution in [0.2, 0.25) is 0 Å². The number of primary amides is 1. The second-order valence-electron chi connectivity index (χ2n) is 9.58. The van der Waals surface area contributed by atoms with Gasteiger partial charge in [0.25, 0.3) is 5.56 Å². The Hall–Kier alpha value is -4.93. The summed E-state index contributed by atoms with van der Waals surface area (Å²) in [6.45, 7) is 0. The van der Waals surface area contributed by atoms with E-state index in [1.54, 1.807) is 54.6 Å². The highest BCUT2D eigenvalue weighted by Crippen LogP contribution is 2.35. The standard InChI is InChI=1S/C30H25F3N4O4/c31-30(32,33)20-11-7-10-19(17-20)26(41-29(34)40)25-22(16-18-8-3-1-4-9-18)36-24-15-14-23(37(24)28(25)39)27(38)35-21-12-5-2-6-13-21/h1-13,17,23,26H,14-16H2,(H2,34,40)(H,35,38)/t23-,26?/m0/s1. The number of hydrogen-bond donors (Lipinski definition) is 2. The molecule has 8 nitrogen and oxygen atoms in total. The van der Waals surface area contributed by atoms with E-state index >= 15 is 0 Å². The lowest BCUT2D eigenvalue weighted by Gasteiger charge is -2.23. The lowest BCUT2D eigenvalue weighted by Crippen LogP contribution is -2.36. The zero-order valence-corrected chi connectivity index (χ0v) is 21.6. The quantitative estimate of drug-likeness (QED) is 0.323. The molecule has 1 aliphatic heterocycles. The van der Waals surface area contributed by atoms with Crippen molar-refractivity contribution in [1.29, 1.82) is 0 Å². The van der Waals surface area contributed by atoms with E-state index in [0.29, 0.717) is 17.9 Å². The molecule has 41 heavy (non-hydrogen) atoms. The minimum Gasteiger partial charge on any atom is -0.436 e. The minimum atomic E-state index is -4.69. The van der Waals surface area contributed by atoms with Crippen LogP contribution < -0.4 is 16.6 Å². The van der Waals surface area contributed by atoms with Gasteiger partial charge in [-0.3, -0.25) is 14.2 Å². The van der Waals surface area contributed by atoms with Gasteiger partial charge < -0.3 is 15.8 Å². The van der Waals surface area contributed by atoms with E-state index in [9.17, 15) is 27.6 Å². The molecular weight excluding hydrogens is 537 g/mol. The minimum absolute atomic E-state index is 0.115. The van der Waals surface area contributed by atoms with Crippen LogP contribution in [0.1, 0.15) is 52.3 Å². The number of para-hydroxylation sites is 1. The molecule has 3 N–H and O–H groups in total. The zero-order valence-electron chi connectivity index (χ0n) is 21.6. The first-order valence-electron chi connectivity index (χ1n) is 12.8. The van der Waals surface area contributed by atoms with Gasteiger partial charge in [0.1, 0.15) is 11.9 Å². The first-order chi connectivity index (χ1) is 19.6. The van der Waals surface area contributed by atoms with Crippen LogP contribution in [-0.2, 0) is 28.5 Å². The van der Waals surface area contributed by atoms with Gasteiger partial charge >= 0.3 is 12.3 Å². The zero-order chi connectivity index (χ0) is 29.1. The second kappa shape index (κ2) is 11.3. The van der Waals surface area contributed by atoms with Gasteiger partial charge in [-0.05, 0) is 41.8 Å². The predicted molar refractivity (Wildman–Crippen MR) is 144 cm³/mol. The Morgan fingerprint density at radius 2 is 1.71 bits per heavy atom. The fraction of sp³-hybridized carbons (Fsp3) is 0.200. The number of rotatable bonds is 7. The number of nitrogens with zero attached hydrogens (tertiary/aromatic N) is 2. The van der Waals surface area contributed by atoms with Crippen molar-refractivity contribution in [3.05, 3.63) is 129 Å². The Morgan fingerprint density at radius 1 is 1.02 bits per heavy atom. The third-order valence-corrected chi connectivity index (χ3v) is 6.83. The average Bonchev–Trinajstić information content (AvgIpc) is 3.37. The molecule has 2 atom stereocenters. The fourth-order valence-electron chi connectivity index (χ4n) is 5.00. The fourth-order valence-corrected chi connectivity index (χ4v) is 5.00. The van der Waals surface area contributed by atoms with Crippen molar-refractivity contribution in [2.24, 2.45) is 5.73 Å². The molecule has 4 aromatic rings. The highest BCUT2D eigenvalue weighted by Gasteiger charge is 2.37. The first-order valence-corrected chi connectivity index (χ1v) is 12.8. The molecule has 0 bridgehead atoms. The van der Waals surface area contributed by atoms with Crippen molar-refractivity contribution in [1.82, 2.24) is 9.55 Å². The smallest absolute Gasteiger partial charge is 0.416 e. The lowest BCUT2D eigenvalue weighted by molar-refractivity contribution is -0.137. The maximum absolute atomic E-state index is 14.2. The monoisotopic (exact) mass is 562 g/mol. The average molecular weight is 563 g/mol. The number of alkyl halides is 3. The molecule has 5 rings (SSSR count). The van der Waals surface area contributed by atoms with Crippen LogP contribution >= 0.6 is 0 Å². The summed E-state index contributed by atoms with van der Waals surface area (Å²) in [5.41, 5.74) is 4.87. The molecule has 11 heteroatoms. The molecule has 0 fully saturated rings. The Labute approximate surface area is 232 Å². The van der Waals surface area contributed by atoms with Crippen molar-refractivity contribution in [3.8, 4) is 0 Å². The number of anilines is 1. The van der Waals surface area contributed by atoms with E-state index in [-0.39, 0.29) is 29.7 Å². The van der Waals surface area contributed by atoms with Crippen LogP contribution in [0.4, 0.5) is 23.7 Å². The number of fused-ring (bicyclic) bond motifs is 1. The maximum Gasteiger partial charge on any atom is 0.416 e. The second-order valence-corrected chi connectivity index (χ2v) is 9.58. The van der Waals surface area contributed by atoms with Crippen molar-refractivity contribution in [2.75, 3.05) is 5.32 Å². The summed E-state index contributed by atoms with van der Waals surface area (Å²) in [5.74, 6) is -0.105. The number of ether oxygens (including phenoxy) is 1. The molecule has 0 radical (unpaired) electrons. The number of aryl methyl sites for hydroxylation is 1. The predicted octanol–water partition coefficient (Wildman–Crippen LogP) is 5.16. The number of hydrogen-bond acceptors (Lipinski definition) is 5. The third-order valence-electron chi connectivity index (χ3n) is 6.83. The summed E-state index contributed by atoms with van der Waals surface area (Å²) in [6.07, 6.45) is -6.87. The Balaban J connectivity index is 1.67. The van der Waals surface area contributed by atoms with Crippen LogP contribution in [0.5, 0.6) is 0 Å². The van der Waals surface area contributed by atoms with Crippen LogP contribution in [0.25, 0.3) is 0 Å².